The van der Waals surface area contributed by atoms with Crippen molar-refractivity contribution in [3.63, 3.8) is 0 Å². The zero-order chi connectivity index (χ0) is 45.9. The fourth-order valence-electron chi connectivity index (χ4n) is 11.4. The molecule has 0 aliphatic carbocycles. The first-order valence-corrected chi connectivity index (χ1v) is 24.0. The number of amidine groups is 2. The topological polar surface area (TPSA) is 46.6 Å². The van der Waals surface area contributed by atoms with E-state index >= 15 is 0 Å². The van der Waals surface area contributed by atoms with E-state index in [9.17, 15) is 0 Å². The van der Waals surface area contributed by atoms with Crippen LogP contribution in [0.4, 0.5) is 0 Å². The van der Waals surface area contributed by atoms with Crippen molar-refractivity contribution < 1.29 is 0 Å². The van der Waals surface area contributed by atoms with E-state index in [0.717, 1.165) is 50.2 Å². The summed E-state index contributed by atoms with van der Waals surface area (Å²) in [5, 5.41) is 20.9. The number of hydrogen-bond acceptors (Lipinski definition) is 3. The van der Waals surface area contributed by atoms with Crippen LogP contribution in [-0.2, 0) is 0 Å². The van der Waals surface area contributed by atoms with E-state index in [1.807, 2.05) is 6.07 Å². The number of rotatable bonds is 5. The standard InChI is InChI=1S/C65H41N5/c1-2-15-44(16-3-1)63-66-64(46-28-27-43-26-25-40-13-4-6-18-50(40)55(43)36-46)68-65(67-63)53-22-12-17-42-29-32-49(39-56(42)53)70-58-23-10-8-20-52(58)57-37-47-35-48(33-30-45(47)38-61(57)70)69-59-24-11-9-21-54(59)62-51-19-7-5-14-41(51)31-34-60(62)69/h1-39,65H,(H,66,67,68). The van der Waals surface area contributed by atoms with Gasteiger partial charge in [0.1, 0.15) is 12.0 Å². The molecule has 5 heteroatoms. The van der Waals surface area contributed by atoms with Crippen LogP contribution in [0.5, 0.6) is 0 Å². The first kappa shape index (κ1) is 38.8. The predicted octanol–water partition coefficient (Wildman–Crippen LogP) is 16.1. The summed E-state index contributed by atoms with van der Waals surface area (Å²) in [7, 11) is 0. The molecule has 0 saturated carbocycles. The van der Waals surface area contributed by atoms with Gasteiger partial charge in [-0.05, 0) is 115 Å². The van der Waals surface area contributed by atoms with Crippen molar-refractivity contribution in [1.82, 2.24) is 14.5 Å². The Morgan fingerprint density at radius 3 is 1.77 bits per heavy atom. The van der Waals surface area contributed by atoms with E-state index in [0.29, 0.717) is 5.84 Å². The number of aromatic nitrogens is 2. The molecule has 0 bridgehead atoms. The van der Waals surface area contributed by atoms with Crippen LogP contribution in [0.25, 0.3) is 109 Å². The quantitative estimate of drug-likeness (QED) is 0.172. The molecule has 14 aromatic rings. The van der Waals surface area contributed by atoms with Gasteiger partial charge in [0.2, 0.25) is 0 Å². The molecule has 326 valence electrons. The van der Waals surface area contributed by atoms with Crippen LogP contribution in [0.1, 0.15) is 22.9 Å². The third kappa shape index (κ3) is 5.91. The van der Waals surface area contributed by atoms with Crippen molar-refractivity contribution in [1.29, 1.82) is 0 Å². The lowest BCUT2D eigenvalue weighted by atomic mass is 9.98. The van der Waals surface area contributed by atoms with Crippen molar-refractivity contribution in [3.05, 3.63) is 253 Å². The van der Waals surface area contributed by atoms with Crippen molar-refractivity contribution >= 4 is 109 Å². The summed E-state index contributed by atoms with van der Waals surface area (Å²) in [6.07, 6.45) is -0.394. The number of fused-ring (bicyclic) bond motifs is 13. The Labute approximate surface area is 402 Å². The van der Waals surface area contributed by atoms with E-state index in [1.54, 1.807) is 0 Å². The Kier molecular flexibility index (Phi) is 8.36. The van der Waals surface area contributed by atoms with Gasteiger partial charge in [0.25, 0.3) is 0 Å². The monoisotopic (exact) mass is 891 g/mol. The van der Waals surface area contributed by atoms with Crippen molar-refractivity contribution in [3.8, 4) is 11.4 Å². The molecule has 1 aliphatic rings. The summed E-state index contributed by atoms with van der Waals surface area (Å²) >= 11 is 0. The number of hydrogen-bond donors (Lipinski definition) is 1. The normalized spacial score (nSPS) is 14.1. The summed E-state index contributed by atoms with van der Waals surface area (Å²) in [5.41, 5.74) is 10.1. The van der Waals surface area contributed by atoms with Crippen LogP contribution in [0.15, 0.2) is 247 Å². The summed E-state index contributed by atoms with van der Waals surface area (Å²) in [6, 6.07) is 86.0. The van der Waals surface area contributed by atoms with Gasteiger partial charge >= 0.3 is 0 Å². The third-order valence-corrected chi connectivity index (χ3v) is 14.7. The van der Waals surface area contributed by atoms with Gasteiger partial charge in [0, 0.05) is 49.6 Å². The fraction of sp³-hybridized carbons (Fsp3) is 0.0154. The molecule has 0 radical (unpaired) electrons. The average molecular weight is 892 g/mol. The highest BCUT2D eigenvalue weighted by Crippen LogP contribution is 2.40. The summed E-state index contributed by atoms with van der Waals surface area (Å²) in [5.74, 6) is 1.50. The van der Waals surface area contributed by atoms with Crippen LogP contribution in [-0.4, -0.2) is 20.8 Å². The van der Waals surface area contributed by atoms with Gasteiger partial charge in [0.15, 0.2) is 5.84 Å². The van der Waals surface area contributed by atoms with Crippen LogP contribution in [0.3, 0.4) is 0 Å². The Morgan fingerprint density at radius 1 is 0.329 bits per heavy atom. The van der Waals surface area contributed by atoms with Gasteiger partial charge < -0.3 is 14.5 Å². The highest BCUT2D eigenvalue weighted by Gasteiger charge is 2.24. The van der Waals surface area contributed by atoms with Crippen LogP contribution in [0, 0.1) is 0 Å². The van der Waals surface area contributed by atoms with Gasteiger partial charge in [-0.2, -0.15) is 0 Å². The smallest absolute Gasteiger partial charge is 0.159 e. The second kappa shape index (κ2) is 15.1. The maximum Gasteiger partial charge on any atom is 0.159 e. The van der Waals surface area contributed by atoms with Crippen LogP contribution >= 0.6 is 0 Å². The Bertz CT molecular complexity index is 4570. The van der Waals surface area contributed by atoms with Gasteiger partial charge in [-0.25, -0.2) is 9.98 Å². The predicted molar refractivity (Wildman–Crippen MR) is 294 cm³/mol. The molecule has 0 saturated heterocycles. The van der Waals surface area contributed by atoms with Gasteiger partial charge in [0.05, 0.1) is 22.1 Å². The molecule has 5 nitrogen and oxygen atoms in total. The lowest BCUT2D eigenvalue weighted by molar-refractivity contribution is 0.679. The number of nitrogens with zero attached hydrogens (tertiary/aromatic N) is 4. The maximum absolute atomic E-state index is 5.37. The maximum atomic E-state index is 5.37. The number of nitrogens with one attached hydrogen (secondary N) is 1. The minimum absolute atomic E-state index is 0.394. The van der Waals surface area contributed by atoms with E-state index in [-0.39, 0.29) is 0 Å². The van der Waals surface area contributed by atoms with Gasteiger partial charge in [-0.15, -0.1) is 0 Å². The lowest BCUT2D eigenvalue weighted by Gasteiger charge is -2.25. The molecule has 0 amide bonds. The molecule has 1 aliphatic heterocycles. The summed E-state index contributed by atoms with van der Waals surface area (Å²) < 4.78 is 4.87. The highest BCUT2D eigenvalue weighted by atomic mass is 15.2. The molecular weight excluding hydrogens is 851 g/mol. The molecule has 2 aromatic heterocycles. The lowest BCUT2D eigenvalue weighted by Crippen LogP contribution is -2.33. The van der Waals surface area contributed by atoms with Crippen molar-refractivity contribution in [2.45, 2.75) is 6.17 Å². The SMILES string of the molecule is c1ccc(C2=NC(c3cccc4ccc(-n5c6ccccc6c6cc7cc(-n8c9ccccc9c9c%10ccccc%10ccc98)ccc7cc65)cc34)NC(c3ccc4ccc5ccccc5c4c3)=N2)cc1. The fourth-order valence-corrected chi connectivity index (χ4v) is 11.4. The largest absolute Gasteiger partial charge is 0.344 e. The molecule has 1 N–H and O–H groups in total. The van der Waals surface area contributed by atoms with Crippen LogP contribution in [0.2, 0.25) is 0 Å². The van der Waals surface area contributed by atoms with E-state index in [2.05, 4.69) is 245 Å². The Balaban J connectivity index is 0.873. The Morgan fingerprint density at radius 2 is 0.929 bits per heavy atom. The molecule has 1 unspecified atom stereocenters. The van der Waals surface area contributed by atoms with E-state index < -0.39 is 6.17 Å². The summed E-state index contributed by atoms with van der Waals surface area (Å²) in [4.78, 5) is 10.6. The molecule has 1 atom stereocenters. The first-order valence-electron chi connectivity index (χ1n) is 24.0. The van der Waals surface area contributed by atoms with E-state index in [1.165, 1.54) is 81.2 Å². The Hall–Kier alpha value is -9.32. The number of para-hydroxylation sites is 2. The number of aliphatic imine (C=N–C) groups is 2. The molecule has 0 fully saturated rings. The van der Waals surface area contributed by atoms with Crippen LogP contribution < -0.4 is 5.32 Å². The third-order valence-electron chi connectivity index (χ3n) is 14.7. The highest BCUT2D eigenvalue weighted by molar-refractivity contribution is 6.22. The van der Waals surface area contributed by atoms with Crippen molar-refractivity contribution in [2.75, 3.05) is 0 Å². The van der Waals surface area contributed by atoms with E-state index in [4.69, 9.17) is 9.98 Å². The second-order valence-corrected chi connectivity index (χ2v) is 18.6. The average Bonchev–Trinajstić information content (AvgIpc) is 3.94. The molecule has 3 heterocycles. The minimum atomic E-state index is -0.394. The zero-order valence-electron chi connectivity index (χ0n) is 37.9. The molecular formula is C65H41N5. The molecule has 0 spiro atoms. The van der Waals surface area contributed by atoms with Gasteiger partial charge in [-0.3, -0.25) is 0 Å². The number of benzene rings is 12. The first-order chi connectivity index (χ1) is 34.7. The second-order valence-electron chi connectivity index (χ2n) is 18.6. The molecule has 15 rings (SSSR count). The summed E-state index contributed by atoms with van der Waals surface area (Å²) in [6.45, 7) is 0. The molecule has 70 heavy (non-hydrogen) atoms. The van der Waals surface area contributed by atoms with Gasteiger partial charge in [-0.1, -0.05) is 176 Å². The minimum Gasteiger partial charge on any atom is -0.344 e. The molecule has 12 aromatic carbocycles. The van der Waals surface area contributed by atoms with Crippen molar-refractivity contribution in [2.24, 2.45) is 9.98 Å². The zero-order valence-corrected chi connectivity index (χ0v) is 37.9.